The molecule has 0 saturated carbocycles. The number of piperidine rings is 1. The fourth-order valence-electron chi connectivity index (χ4n) is 10.1. The number of aryl methyl sites for hydroxylation is 3. The molecule has 4 aromatic heterocycles. The van der Waals surface area contributed by atoms with Crippen molar-refractivity contribution in [1.82, 2.24) is 44.3 Å². The molecule has 17 nitrogen and oxygen atoms in total. The van der Waals surface area contributed by atoms with Crippen molar-refractivity contribution in [2.75, 3.05) is 72.4 Å². The molecule has 4 aliphatic rings. The van der Waals surface area contributed by atoms with Crippen LogP contribution >= 0.6 is 0 Å². The van der Waals surface area contributed by atoms with Crippen molar-refractivity contribution in [3.63, 3.8) is 0 Å². The molecule has 0 bridgehead atoms. The van der Waals surface area contributed by atoms with Crippen molar-refractivity contribution >= 4 is 62.7 Å². The quantitative estimate of drug-likeness (QED) is 0.147. The van der Waals surface area contributed by atoms with Gasteiger partial charge >= 0.3 is 6.03 Å². The number of fused-ring (bicyclic) bond motifs is 3. The lowest BCUT2D eigenvalue weighted by Gasteiger charge is -2.40. The summed E-state index contributed by atoms with van der Waals surface area (Å²) in [5.74, 6) is 1.85. The lowest BCUT2D eigenvalue weighted by Crippen LogP contribution is -2.49. The largest absolute Gasteiger partial charge is 0.384 e. The summed E-state index contributed by atoms with van der Waals surface area (Å²) in [6.07, 6.45) is 7.71. The van der Waals surface area contributed by atoms with Gasteiger partial charge in [0, 0.05) is 94.5 Å². The van der Waals surface area contributed by atoms with Crippen LogP contribution in [0.4, 0.5) is 33.6 Å². The number of hydrogen-bond acceptors (Lipinski definition) is 12. The highest BCUT2D eigenvalue weighted by molar-refractivity contribution is 6.09. The van der Waals surface area contributed by atoms with Gasteiger partial charge in [-0.05, 0) is 98.5 Å². The normalized spacial score (nSPS) is 19.8. The van der Waals surface area contributed by atoms with Gasteiger partial charge in [0.05, 0.1) is 17.8 Å². The first-order chi connectivity index (χ1) is 31.0. The summed E-state index contributed by atoms with van der Waals surface area (Å²) < 4.78 is 5.09. The molecule has 0 unspecified atom stereocenters. The maximum absolute atomic E-state index is 13.6. The number of amides is 3. The van der Waals surface area contributed by atoms with Crippen molar-refractivity contribution in [2.45, 2.75) is 64.5 Å². The van der Waals surface area contributed by atoms with Gasteiger partial charge < -0.3 is 20.2 Å². The maximum Gasteiger partial charge on any atom is 0.329 e. The third kappa shape index (κ3) is 7.45. The van der Waals surface area contributed by atoms with E-state index in [0.29, 0.717) is 59.6 Å². The van der Waals surface area contributed by atoms with E-state index in [4.69, 9.17) is 9.97 Å². The number of imide groups is 1. The number of allylic oxidation sites excluding steroid dienone is 1. The van der Waals surface area contributed by atoms with Crippen LogP contribution in [-0.2, 0) is 30.4 Å². The molecule has 64 heavy (non-hydrogen) atoms. The zero-order valence-corrected chi connectivity index (χ0v) is 36.8. The third-order valence-corrected chi connectivity index (χ3v) is 13.8. The van der Waals surface area contributed by atoms with E-state index in [-0.39, 0.29) is 24.4 Å². The van der Waals surface area contributed by atoms with Crippen LogP contribution in [0, 0.1) is 12.8 Å². The molecule has 3 saturated heterocycles. The molecule has 1 aliphatic carbocycles. The highest BCUT2D eigenvalue weighted by atomic mass is 16.3. The van der Waals surface area contributed by atoms with Gasteiger partial charge in [0.25, 0.3) is 5.56 Å². The summed E-state index contributed by atoms with van der Waals surface area (Å²) >= 11 is 0. The summed E-state index contributed by atoms with van der Waals surface area (Å²) in [4.78, 5) is 61.2. The van der Waals surface area contributed by atoms with Gasteiger partial charge in [-0.15, -0.1) is 6.58 Å². The van der Waals surface area contributed by atoms with Crippen LogP contribution in [0.25, 0.3) is 27.8 Å². The molecule has 0 spiro atoms. The Morgan fingerprint density at radius 3 is 2.50 bits per heavy atom. The van der Waals surface area contributed by atoms with Gasteiger partial charge in [-0.1, -0.05) is 19.1 Å². The van der Waals surface area contributed by atoms with Crippen LogP contribution in [0.5, 0.6) is 0 Å². The molecule has 2 aromatic carbocycles. The Hall–Kier alpha value is -6.59. The Bertz CT molecular complexity index is 2870. The zero-order chi connectivity index (χ0) is 44.3. The van der Waals surface area contributed by atoms with E-state index in [9.17, 15) is 19.5 Å². The fourth-order valence-corrected chi connectivity index (χ4v) is 10.1. The number of nitrogens with one attached hydrogen (secondary N) is 2. The predicted octanol–water partition coefficient (Wildman–Crippen LogP) is 5.13. The molecule has 6 aromatic rings. The number of piperazine rings is 1. The number of carbonyl (C=O) groups is 2. The van der Waals surface area contributed by atoms with Gasteiger partial charge in [0.15, 0.2) is 17.3 Å². The average molecular weight is 866 g/mol. The Balaban J connectivity index is 0.758. The number of benzene rings is 2. The number of aliphatic hydroxyl groups is 1. The van der Waals surface area contributed by atoms with E-state index in [1.807, 2.05) is 30.8 Å². The molecule has 7 heterocycles. The second-order valence-electron chi connectivity index (χ2n) is 17.7. The minimum absolute atomic E-state index is 0.236. The standard InChI is InChI=1S/C47H55N13O4/c1-5-18-59-44(62)36-28-48-45(52-42(36)60(59)39-12-7-32-13-17-47(64,6-2)41(32)50-39)49-33-8-11-37(30(3)26-33)57-24-22-55(23-25-57)29-31-14-19-56(20-15-31)34-9-10-35-38(27-34)54(4)53-43(35)58-21-16-40(61)51-46(58)63/h5,7-12,26-28,31,64H,1,6,13-25,29H2,2-4H3,(H,48,49,52)(H,51,61,63)/t47-/m1/s1. The molecule has 3 aliphatic heterocycles. The molecule has 332 valence electrons. The third-order valence-electron chi connectivity index (χ3n) is 13.8. The van der Waals surface area contributed by atoms with E-state index in [1.54, 1.807) is 26.5 Å². The van der Waals surface area contributed by atoms with E-state index in [1.165, 1.54) is 5.69 Å². The molecular weight excluding hydrogens is 811 g/mol. The van der Waals surface area contributed by atoms with Crippen LogP contribution in [0.3, 0.4) is 0 Å². The van der Waals surface area contributed by atoms with Crippen molar-refractivity contribution in [3.8, 4) is 5.82 Å². The summed E-state index contributed by atoms with van der Waals surface area (Å²) in [5.41, 5.74) is 6.23. The van der Waals surface area contributed by atoms with E-state index < -0.39 is 11.6 Å². The topological polar surface area (TPSA) is 175 Å². The van der Waals surface area contributed by atoms with Crippen LogP contribution < -0.4 is 30.9 Å². The lowest BCUT2D eigenvalue weighted by atomic mass is 9.95. The van der Waals surface area contributed by atoms with Gasteiger partial charge in [0.1, 0.15) is 11.0 Å². The molecule has 3 fully saturated rings. The number of carbonyl (C=O) groups excluding carboxylic acids is 2. The minimum Gasteiger partial charge on any atom is -0.384 e. The molecule has 3 amide bonds. The van der Waals surface area contributed by atoms with Crippen molar-refractivity contribution in [1.29, 1.82) is 0 Å². The van der Waals surface area contributed by atoms with E-state index in [0.717, 1.165) is 98.5 Å². The van der Waals surface area contributed by atoms with Gasteiger partial charge in [-0.25, -0.2) is 24.1 Å². The highest BCUT2D eigenvalue weighted by Gasteiger charge is 2.37. The molecule has 10 rings (SSSR count). The summed E-state index contributed by atoms with van der Waals surface area (Å²) in [7, 11) is 1.90. The first-order valence-electron chi connectivity index (χ1n) is 22.5. The van der Waals surface area contributed by atoms with Crippen molar-refractivity contribution in [3.05, 3.63) is 94.6 Å². The molecule has 0 radical (unpaired) electrons. The smallest absolute Gasteiger partial charge is 0.329 e. The zero-order valence-electron chi connectivity index (χ0n) is 36.8. The SMILES string of the molecule is C=CCn1c(=O)c2cnc(Nc3ccc(N4CCN(CC5CCN(c6ccc7c(N8CCC(=O)NC8=O)nn(C)c7c6)CC5)CC4)c(C)c3)nc2n1-c1ccc2c(n1)[C@@](O)(CC)CC2. The molecule has 1 atom stereocenters. The lowest BCUT2D eigenvalue weighted by molar-refractivity contribution is -0.120. The van der Waals surface area contributed by atoms with Crippen molar-refractivity contribution in [2.24, 2.45) is 13.0 Å². The number of urea groups is 1. The number of nitrogens with zero attached hydrogens (tertiary/aromatic N) is 11. The summed E-state index contributed by atoms with van der Waals surface area (Å²) in [6.45, 7) is 15.6. The van der Waals surface area contributed by atoms with Crippen LogP contribution in [0.15, 0.2) is 72.2 Å². The summed E-state index contributed by atoms with van der Waals surface area (Å²) in [6, 6.07) is 16.1. The monoisotopic (exact) mass is 865 g/mol. The van der Waals surface area contributed by atoms with E-state index >= 15 is 0 Å². The maximum atomic E-state index is 13.6. The van der Waals surface area contributed by atoms with Gasteiger partial charge in [0.2, 0.25) is 11.9 Å². The van der Waals surface area contributed by atoms with Crippen LogP contribution in [0.1, 0.15) is 55.8 Å². The Kier molecular flexibility index (Phi) is 10.7. The number of rotatable bonds is 11. The molecular formula is C47H55N13O4. The highest BCUT2D eigenvalue weighted by Crippen LogP contribution is 2.39. The average Bonchev–Trinajstić information content (AvgIpc) is 3.91. The van der Waals surface area contributed by atoms with Gasteiger partial charge in [-0.2, -0.15) is 10.1 Å². The van der Waals surface area contributed by atoms with Crippen LogP contribution in [-0.4, -0.2) is 108 Å². The number of pyridine rings is 1. The Labute approximate surface area is 371 Å². The van der Waals surface area contributed by atoms with Crippen LogP contribution in [0.2, 0.25) is 0 Å². The number of hydrogen-bond donors (Lipinski definition) is 3. The summed E-state index contributed by atoms with van der Waals surface area (Å²) in [5, 5.41) is 23.0. The minimum atomic E-state index is -0.994. The number of aromatic nitrogens is 7. The van der Waals surface area contributed by atoms with Gasteiger partial charge in [-0.3, -0.25) is 29.4 Å². The molecule has 17 heteroatoms. The predicted molar refractivity (Wildman–Crippen MR) is 248 cm³/mol. The first kappa shape index (κ1) is 41.4. The molecule has 3 N–H and O–H groups in total. The second-order valence-corrected chi connectivity index (χ2v) is 17.7. The van der Waals surface area contributed by atoms with E-state index in [2.05, 4.69) is 85.3 Å². The second kappa shape index (κ2) is 16.5. The van der Waals surface area contributed by atoms with Crippen molar-refractivity contribution < 1.29 is 14.7 Å². The number of anilines is 5. The fraction of sp³-hybridized carbons (Fsp3) is 0.426. The Morgan fingerprint density at radius 2 is 1.75 bits per heavy atom. The Morgan fingerprint density at radius 1 is 0.938 bits per heavy atom. The first-order valence-corrected chi connectivity index (χ1v) is 22.5.